The Kier molecular flexibility index (Phi) is 5.73. The summed E-state index contributed by atoms with van der Waals surface area (Å²) in [6.45, 7) is 0.629. The zero-order valence-electron chi connectivity index (χ0n) is 12.0. The number of aryl methyl sites for hydroxylation is 1. The van der Waals surface area contributed by atoms with Crippen LogP contribution in [-0.4, -0.2) is 50.5 Å². The highest BCUT2D eigenvalue weighted by atomic mass is 19.1. The van der Waals surface area contributed by atoms with Gasteiger partial charge in [-0.15, -0.1) is 0 Å². The summed E-state index contributed by atoms with van der Waals surface area (Å²) < 4.78 is 26.0. The third-order valence-electron chi connectivity index (χ3n) is 2.60. The topological polar surface area (TPSA) is 18.8 Å². The van der Waals surface area contributed by atoms with Gasteiger partial charge in [0.2, 0.25) is 0 Å². The lowest BCUT2D eigenvalue weighted by molar-refractivity contribution is 0.479. The lowest BCUT2D eigenvalue weighted by Crippen LogP contribution is -2.35. The molecule has 0 fully saturated rings. The molecule has 106 valence electrons. The second-order valence-electron chi connectivity index (χ2n) is 4.85. The molecule has 19 heavy (non-hydrogen) atoms. The van der Waals surface area contributed by atoms with Crippen molar-refractivity contribution in [2.24, 2.45) is 4.99 Å². The maximum absolute atomic E-state index is 13.0. The quantitative estimate of drug-likeness (QED) is 0.475. The van der Waals surface area contributed by atoms with Crippen LogP contribution in [0.5, 0.6) is 0 Å². The van der Waals surface area contributed by atoms with E-state index in [4.69, 9.17) is 0 Å². The van der Waals surface area contributed by atoms with E-state index in [0.29, 0.717) is 18.5 Å². The first-order valence-electron chi connectivity index (χ1n) is 6.24. The van der Waals surface area contributed by atoms with Gasteiger partial charge in [0.1, 0.15) is 11.6 Å². The third kappa shape index (κ3) is 5.24. The Labute approximate surface area is 113 Å². The molecule has 1 aromatic carbocycles. The van der Waals surface area contributed by atoms with Crippen molar-refractivity contribution in [1.29, 1.82) is 0 Å². The number of nitrogens with zero attached hydrogens (tertiary/aromatic N) is 3. The van der Waals surface area contributed by atoms with Gasteiger partial charge in [0.05, 0.1) is 0 Å². The predicted octanol–water partition coefficient (Wildman–Crippen LogP) is 2.38. The molecule has 0 amide bonds. The fourth-order valence-corrected chi connectivity index (χ4v) is 1.90. The molecule has 0 aromatic heterocycles. The van der Waals surface area contributed by atoms with Gasteiger partial charge in [0.25, 0.3) is 0 Å². The van der Waals surface area contributed by atoms with E-state index in [1.165, 1.54) is 12.1 Å². The second kappa shape index (κ2) is 7.07. The van der Waals surface area contributed by atoms with E-state index in [1.54, 1.807) is 0 Å². The summed E-state index contributed by atoms with van der Waals surface area (Å²) in [4.78, 5) is 8.33. The molecule has 0 saturated carbocycles. The van der Waals surface area contributed by atoms with Crippen LogP contribution < -0.4 is 0 Å². The van der Waals surface area contributed by atoms with Gasteiger partial charge in [-0.1, -0.05) is 0 Å². The maximum Gasteiger partial charge on any atom is 0.195 e. The molecule has 0 radical (unpaired) electrons. The maximum atomic E-state index is 13.0. The van der Waals surface area contributed by atoms with Crippen LogP contribution in [0.25, 0.3) is 0 Å². The molecule has 3 nitrogen and oxygen atoms in total. The molecule has 0 atom stereocenters. The summed E-state index contributed by atoms with van der Waals surface area (Å²) in [5.74, 6) is -0.174. The Morgan fingerprint density at radius 2 is 1.53 bits per heavy atom. The number of benzene rings is 1. The smallest absolute Gasteiger partial charge is 0.195 e. The Bertz CT molecular complexity index is 412. The van der Waals surface area contributed by atoms with Crippen molar-refractivity contribution in [3.05, 3.63) is 35.4 Å². The van der Waals surface area contributed by atoms with Gasteiger partial charge in [-0.3, -0.25) is 4.99 Å². The van der Waals surface area contributed by atoms with Gasteiger partial charge >= 0.3 is 0 Å². The van der Waals surface area contributed by atoms with Crippen LogP contribution in [-0.2, 0) is 6.42 Å². The van der Waals surface area contributed by atoms with Crippen molar-refractivity contribution < 1.29 is 8.78 Å². The zero-order valence-corrected chi connectivity index (χ0v) is 12.0. The summed E-state index contributed by atoms with van der Waals surface area (Å²) in [6, 6.07) is 3.62. The minimum Gasteiger partial charge on any atom is -0.349 e. The lowest BCUT2D eigenvalue weighted by atomic mass is 10.1. The third-order valence-corrected chi connectivity index (χ3v) is 2.60. The van der Waals surface area contributed by atoms with Crippen LogP contribution in [0.2, 0.25) is 0 Å². The zero-order chi connectivity index (χ0) is 14.4. The van der Waals surface area contributed by atoms with Crippen molar-refractivity contribution in [2.75, 3.05) is 34.7 Å². The van der Waals surface area contributed by atoms with Crippen LogP contribution >= 0.6 is 0 Å². The number of rotatable bonds is 4. The molecule has 0 bridgehead atoms. The van der Waals surface area contributed by atoms with Gasteiger partial charge in [-0.25, -0.2) is 8.78 Å². The molecule has 0 aliphatic carbocycles. The monoisotopic (exact) mass is 269 g/mol. The summed E-state index contributed by atoms with van der Waals surface area (Å²) in [6.07, 6.45) is 1.38. The van der Waals surface area contributed by atoms with Crippen molar-refractivity contribution in [1.82, 2.24) is 9.80 Å². The molecular formula is C14H21F2N3. The molecule has 5 heteroatoms. The molecule has 1 aromatic rings. The molecular weight excluding hydrogens is 248 g/mol. The Balaban J connectivity index is 2.52. The molecule has 0 unspecified atom stereocenters. The minimum atomic E-state index is -0.527. The minimum absolute atomic E-state index is 0.527. The van der Waals surface area contributed by atoms with E-state index in [1.807, 2.05) is 38.0 Å². The fraction of sp³-hybridized carbons (Fsp3) is 0.500. The van der Waals surface area contributed by atoms with Gasteiger partial charge in [0, 0.05) is 40.8 Å². The lowest BCUT2D eigenvalue weighted by Gasteiger charge is -2.22. The van der Waals surface area contributed by atoms with E-state index in [0.717, 1.165) is 18.4 Å². The van der Waals surface area contributed by atoms with Crippen LogP contribution in [0, 0.1) is 11.6 Å². The standard InChI is InChI=1S/C14H21F2N3/c1-18(2)14(19(3)4)17-7-5-6-11-8-12(15)10-13(16)9-11/h8-10H,5-7H2,1-4H3. The molecule has 0 heterocycles. The van der Waals surface area contributed by atoms with Crippen LogP contribution in [0.1, 0.15) is 12.0 Å². The SMILES string of the molecule is CN(C)C(=NCCCc1cc(F)cc(F)c1)N(C)C. The molecule has 1 rings (SSSR count). The van der Waals surface area contributed by atoms with Gasteiger partial charge in [-0.05, 0) is 30.5 Å². The number of halogens is 2. The normalized spacial score (nSPS) is 10.2. The highest BCUT2D eigenvalue weighted by molar-refractivity contribution is 5.79. The molecule has 0 aliphatic heterocycles. The second-order valence-corrected chi connectivity index (χ2v) is 4.85. The summed E-state index contributed by atoms with van der Waals surface area (Å²) in [7, 11) is 7.73. The highest BCUT2D eigenvalue weighted by Crippen LogP contribution is 2.10. The van der Waals surface area contributed by atoms with Gasteiger partial charge < -0.3 is 9.80 Å². The average Bonchev–Trinajstić information content (AvgIpc) is 2.26. The Morgan fingerprint density at radius 3 is 2.00 bits per heavy atom. The molecule has 0 saturated heterocycles. The van der Waals surface area contributed by atoms with E-state index in [9.17, 15) is 8.78 Å². The van der Waals surface area contributed by atoms with Crippen molar-refractivity contribution in [3.63, 3.8) is 0 Å². The van der Waals surface area contributed by atoms with Crippen molar-refractivity contribution in [3.8, 4) is 0 Å². The van der Waals surface area contributed by atoms with Crippen LogP contribution in [0.3, 0.4) is 0 Å². The number of hydrogen-bond acceptors (Lipinski definition) is 1. The first-order chi connectivity index (χ1) is 8.90. The van der Waals surface area contributed by atoms with Gasteiger partial charge in [-0.2, -0.15) is 0 Å². The highest BCUT2D eigenvalue weighted by Gasteiger charge is 2.04. The molecule has 0 aliphatic rings. The summed E-state index contributed by atoms with van der Waals surface area (Å²) >= 11 is 0. The average molecular weight is 269 g/mol. The number of aliphatic imine (C=N–C) groups is 1. The van der Waals surface area contributed by atoms with E-state index in [2.05, 4.69) is 4.99 Å². The summed E-state index contributed by atoms with van der Waals surface area (Å²) in [5.41, 5.74) is 0.670. The molecule has 0 N–H and O–H groups in total. The van der Waals surface area contributed by atoms with Crippen LogP contribution in [0.4, 0.5) is 8.78 Å². The van der Waals surface area contributed by atoms with Crippen molar-refractivity contribution in [2.45, 2.75) is 12.8 Å². The fourth-order valence-electron chi connectivity index (χ4n) is 1.90. The van der Waals surface area contributed by atoms with E-state index in [-0.39, 0.29) is 0 Å². The first-order valence-corrected chi connectivity index (χ1v) is 6.24. The van der Waals surface area contributed by atoms with Crippen molar-refractivity contribution >= 4 is 5.96 Å². The van der Waals surface area contributed by atoms with Gasteiger partial charge in [0.15, 0.2) is 5.96 Å². The predicted molar refractivity (Wildman–Crippen MR) is 74.4 cm³/mol. The number of hydrogen-bond donors (Lipinski definition) is 0. The van der Waals surface area contributed by atoms with Crippen LogP contribution in [0.15, 0.2) is 23.2 Å². The largest absolute Gasteiger partial charge is 0.349 e. The Hall–Kier alpha value is -1.65. The first kappa shape index (κ1) is 15.4. The summed E-state index contributed by atoms with van der Waals surface area (Å²) in [5, 5.41) is 0. The van der Waals surface area contributed by atoms with E-state index >= 15 is 0 Å². The number of guanidine groups is 1. The van der Waals surface area contributed by atoms with E-state index < -0.39 is 11.6 Å². The Morgan fingerprint density at radius 1 is 1.00 bits per heavy atom. The molecule has 0 spiro atoms.